The largest absolute Gasteiger partial charge is 0.397 e. The predicted octanol–water partition coefficient (Wildman–Crippen LogP) is 3.70. The summed E-state index contributed by atoms with van der Waals surface area (Å²) in [4.78, 5) is 4.09. The van der Waals surface area contributed by atoms with Crippen molar-refractivity contribution < 1.29 is 4.39 Å². The number of nitrogen functional groups attached to an aromatic ring is 1. The van der Waals surface area contributed by atoms with Crippen LogP contribution < -0.4 is 11.1 Å². The van der Waals surface area contributed by atoms with Crippen molar-refractivity contribution in [2.45, 2.75) is 0 Å². The van der Waals surface area contributed by atoms with Gasteiger partial charge in [-0.3, -0.25) is 4.98 Å². The molecule has 4 heteroatoms. The van der Waals surface area contributed by atoms with Crippen molar-refractivity contribution in [1.82, 2.24) is 4.98 Å². The summed E-state index contributed by atoms with van der Waals surface area (Å²) in [5.74, 6) is -0.342. The molecule has 3 nitrogen and oxygen atoms in total. The lowest BCUT2D eigenvalue weighted by Gasteiger charge is -2.11. The number of hydrogen-bond donors (Lipinski definition) is 2. The summed E-state index contributed by atoms with van der Waals surface area (Å²) in [6, 6.07) is 12.1. The Balaban J connectivity index is 2.06. The van der Waals surface area contributed by atoms with Crippen LogP contribution in [0.4, 0.5) is 21.5 Å². The number of anilines is 3. The lowest BCUT2D eigenvalue weighted by atomic mass is 10.1. The quantitative estimate of drug-likeness (QED) is 0.685. The third-order valence-electron chi connectivity index (χ3n) is 2.96. The first-order valence-corrected chi connectivity index (χ1v) is 5.89. The monoisotopic (exact) mass is 253 g/mol. The summed E-state index contributed by atoms with van der Waals surface area (Å²) in [6.45, 7) is 0. The Bertz CT molecular complexity index is 735. The minimum atomic E-state index is -0.342. The fraction of sp³-hybridized carbons (Fsp3) is 0. The zero-order valence-corrected chi connectivity index (χ0v) is 10.1. The highest BCUT2D eigenvalue weighted by atomic mass is 19.1. The average Bonchev–Trinajstić information content (AvgIpc) is 2.42. The van der Waals surface area contributed by atoms with Crippen LogP contribution in [0.25, 0.3) is 10.8 Å². The third-order valence-corrected chi connectivity index (χ3v) is 2.96. The van der Waals surface area contributed by atoms with Gasteiger partial charge in [0.1, 0.15) is 5.82 Å². The van der Waals surface area contributed by atoms with E-state index < -0.39 is 0 Å². The molecule has 0 atom stereocenters. The smallest absolute Gasteiger partial charge is 0.125 e. The molecule has 0 amide bonds. The standard InChI is InChI=1S/C15H12FN3/c16-11-4-5-15(13(17)8-11)19-14-3-1-2-10-9-18-7-6-12(10)14/h1-9,19H,17H2. The summed E-state index contributed by atoms with van der Waals surface area (Å²) in [7, 11) is 0. The number of aromatic nitrogens is 1. The molecule has 0 aliphatic rings. The van der Waals surface area contributed by atoms with Gasteiger partial charge in [0.25, 0.3) is 0 Å². The summed E-state index contributed by atoms with van der Waals surface area (Å²) >= 11 is 0. The first kappa shape index (κ1) is 11.5. The Kier molecular flexibility index (Phi) is 2.76. The van der Waals surface area contributed by atoms with E-state index in [1.54, 1.807) is 18.5 Å². The number of benzene rings is 2. The molecule has 0 unspecified atom stereocenters. The van der Waals surface area contributed by atoms with Crippen molar-refractivity contribution >= 4 is 27.8 Å². The molecule has 0 saturated heterocycles. The van der Waals surface area contributed by atoms with Crippen molar-refractivity contribution in [2.75, 3.05) is 11.1 Å². The minimum Gasteiger partial charge on any atom is -0.397 e. The molecule has 0 bridgehead atoms. The zero-order valence-electron chi connectivity index (χ0n) is 10.1. The van der Waals surface area contributed by atoms with Gasteiger partial charge in [0.2, 0.25) is 0 Å². The lowest BCUT2D eigenvalue weighted by Crippen LogP contribution is -1.97. The van der Waals surface area contributed by atoms with Crippen molar-refractivity contribution in [1.29, 1.82) is 0 Å². The maximum absolute atomic E-state index is 13.0. The zero-order chi connectivity index (χ0) is 13.2. The number of hydrogen-bond acceptors (Lipinski definition) is 3. The molecule has 0 spiro atoms. The van der Waals surface area contributed by atoms with E-state index in [1.807, 2.05) is 24.3 Å². The topological polar surface area (TPSA) is 50.9 Å². The van der Waals surface area contributed by atoms with E-state index in [-0.39, 0.29) is 5.82 Å². The van der Waals surface area contributed by atoms with Crippen molar-refractivity contribution in [3.05, 3.63) is 60.7 Å². The third kappa shape index (κ3) is 2.20. The number of nitrogens with two attached hydrogens (primary N) is 1. The van der Waals surface area contributed by atoms with Gasteiger partial charge in [-0.15, -0.1) is 0 Å². The Hall–Kier alpha value is -2.62. The van der Waals surface area contributed by atoms with E-state index in [4.69, 9.17) is 5.73 Å². The number of nitrogens with one attached hydrogen (secondary N) is 1. The fourth-order valence-electron chi connectivity index (χ4n) is 2.02. The SMILES string of the molecule is Nc1cc(F)ccc1Nc1cccc2cnccc12. The molecule has 3 aromatic rings. The molecule has 19 heavy (non-hydrogen) atoms. The van der Waals surface area contributed by atoms with Crippen LogP contribution in [0.5, 0.6) is 0 Å². The molecular weight excluding hydrogens is 241 g/mol. The molecule has 1 aromatic heterocycles. The Morgan fingerprint density at radius 1 is 1.05 bits per heavy atom. The van der Waals surface area contributed by atoms with Gasteiger partial charge in [0, 0.05) is 28.9 Å². The van der Waals surface area contributed by atoms with E-state index >= 15 is 0 Å². The number of fused-ring (bicyclic) bond motifs is 1. The summed E-state index contributed by atoms with van der Waals surface area (Å²) < 4.78 is 13.0. The van der Waals surface area contributed by atoms with Crippen molar-refractivity contribution in [3.8, 4) is 0 Å². The number of halogens is 1. The molecule has 2 aromatic carbocycles. The van der Waals surface area contributed by atoms with Crippen LogP contribution in [0.2, 0.25) is 0 Å². The van der Waals surface area contributed by atoms with E-state index in [2.05, 4.69) is 10.3 Å². The Labute approximate surface area is 109 Å². The lowest BCUT2D eigenvalue weighted by molar-refractivity contribution is 0.628. The second kappa shape index (κ2) is 4.57. The van der Waals surface area contributed by atoms with E-state index in [1.165, 1.54) is 12.1 Å². The van der Waals surface area contributed by atoms with Crippen LogP contribution in [0.15, 0.2) is 54.9 Å². The van der Waals surface area contributed by atoms with Crippen LogP contribution in [0, 0.1) is 5.82 Å². The summed E-state index contributed by atoms with van der Waals surface area (Å²) in [6.07, 6.45) is 3.54. The van der Waals surface area contributed by atoms with Crippen molar-refractivity contribution in [3.63, 3.8) is 0 Å². The Morgan fingerprint density at radius 3 is 2.79 bits per heavy atom. The number of pyridine rings is 1. The van der Waals surface area contributed by atoms with Gasteiger partial charge < -0.3 is 11.1 Å². The summed E-state index contributed by atoms with van der Waals surface area (Å²) in [5.41, 5.74) is 7.78. The van der Waals surface area contributed by atoms with Gasteiger partial charge in [-0.25, -0.2) is 4.39 Å². The van der Waals surface area contributed by atoms with Gasteiger partial charge >= 0.3 is 0 Å². The van der Waals surface area contributed by atoms with Gasteiger partial charge in [-0.05, 0) is 30.3 Å². The number of nitrogens with zero attached hydrogens (tertiary/aromatic N) is 1. The molecule has 3 rings (SSSR count). The molecule has 0 radical (unpaired) electrons. The average molecular weight is 253 g/mol. The second-order valence-electron chi connectivity index (χ2n) is 4.26. The first-order valence-electron chi connectivity index (χ1n) is 5.89. The second-order valence-corrected chi connectivity index (χ2v) is 4.26. The maximum atomic E-state index is 13.0. The van der Waals surface area contributed by atoms with E-state index in [0.29, 0.717) is 11.4 Å². The molecular formula is C15H12FN3. The van der Waals surface area contributed by atoms with Crippen LogP contribution in [-0.4, -0.2) is 4.98 Å². The van der Waals surface area contributed by atoms with Gasteiger partial charge in [0.15, 0.2) is 0 Å². The first-order chi connectivity index (χ1) is 9.24. The molecule has 94 valence electrons. The molecule has 1 heterocycles. The highest BCUT2D eigenvalue weighted by Crippen LogP contribution is 2.28. The molecule has 0 aliphatic carbocycles. The van der Waals surface area contributed by atoms with Crippen LogP contribution >= 0.6 is 0 Å². The highest BCUT2D eigenvalue weighted by molar-refractivity contribution is 5.95. The highest BCUT2D eigenvalue weighted by Gasteiger charge is 2.04. The Morgan fingerprint density at radius 2 is 1.95 bits per heavy atom. The van der Waals surface area contributed by atoms with Crippen molar-refractivity contribution in [2.24, 2.45) is 0 Å². The number of rotatable bonds is 2. The van der Waals surface area contributed by atoms with E-state index in [0.717, 1.165) is 16.5 Å². The predicted molar refractivity (Wildman–Crippen MR) is 75.8 cm³/mol. The normalized spacial score (nSPS) is 10.6. The van der Waals surface area contributed by atoms with Gasteiger partial charge in [-0.2, -0.15) is 0 Å². The molecule has 3 N–H and O–H groups in total. The maximum Gasteiger partial charge on any atom is 0.125 e. The van der Waals surface area contributed by atoms with Crippen LogP contribution in [0.1, 0.15) is 0 Å². The van der Waals surface area contributed by atoms with Crippen LogP contribution in [0.3, 0.4) is 0 Å². The van der Waals surface area contributed by atoms with Crippen LogP contribution in [-0.2, 0) is 0 Å². The van der Waals surface area contributed by atoms with Gasteiger partial charge in [-0.1, -0.05) is 12.1 Å². The summed E-state index contributed by atoms with van der Waals surface area (Å²) in [5, 5.41) is 5.30. The minimum absolute atomic E-state index is 0.342. The molecule has 0 fully saturated rings. The molecule has 0 saturated carbocycles. The van der Waals surface area contributed by atoms with Gasteiger partial charge in [0.05, 0.1) is 11.4 Å². The van der Waals surface area contributed by atoms with E-state index in [9.17, 15) is 4.39 Å². The molecule has 0 aliphatic heterocycles. The fourth-order valence-corrected chi connectivity index (χ4v) is 2.02.